The van der Waals surface area contributed by atoms with Gasteiger partial charge in [0.05, 0.1) is 0 Å². The second-order valence-corrected chi connectivity index (χ2v) is 8.45. The van der Waals surface area contributed by atoms with Crippen LogP contribution >= 0.6 is 0 Å². The molecule has 150 valence electrons. The van der Waals surface area contributed by atoms with Gasteiger partial charge in [0.25, 0.3) is 0 Å². The van der Waals surface area contributed by atoms with Gasteiger partial charge in [0.1, 0.15) is 0 Å². The Morgan fingerprint density at radius 1 is 1.04 bits per heavy atom. The molecule has 1 unspecified atom stereocenters. The summed E-state index contributed by atoms with van der Waals surface area (Å²) in [6.45, 7) is 9.30. The van der Waals surface area contributed by atoms with Crippen LogP contribution < -0.4 is 10.6 Å². The van der Waals surface area contributed by atoms with E-state index in [0.717, 1.165) is 57.8 Å². The highest BCUT2D eigenvalue weighted by Gasteiger charge is 2.28. The molecular weight excluding hydrogens is 328 g/mol. The molecule has 2 fully saturated rings. The second kappa shape index (κ2) is 10.8. The summed E-state index contributed by atoms with van der Waals surface area (Å²) < 4.78 is 0. The number of carbonyl (C=O) groups excluding carboxylic acids is 2. The maximum atomic E-state index is 12.7. The molecule has 0 aliphatic carbocycles. The van der Waals surface area contributed by atoms with E-state index in [1.807, 2.05) is 16.8 Å². The molecule has 1 atom stereocenters. The average molecular weight is 367 g/mol. The summed E-state index contributed by atoms with van der Waals surface area (Å²) in [7, 11) is 2.00. The molecule has 0 bridgehead atoms. The van der Waals surface area contributed by atoms with Crippen LogP contribution in [0.4, 0.5) is 4.79 Å². The Balaban J connectivity index is 1.72. The average Bonchev–Trinajstić information content (AvgIpc) is 2.65. The molecule has 0 aromatic carbocycles. The number of nitrogens with one attached hydrogen (secondary N) is 2. The minimum Gasteiger partial charge on any atom is -0.343 e. The topological polar surface area (TPSA) is 64.7 Å². The van der Waals surface area contributed by atoms with E-state index in [4.69, 9.17) is 0 Å². The van der Waals surface area contributed by atoms with E-state index in [9.17, 15) is 9.59 Å². The lowest BCUT2D eigenvalue weighted by atomic mass is 9.91. The summed E-state index contributed by atoms with van der Waals surface area (Å²) in [5, 5.41) is 6.21. The van der Waals surface area contributed by atoms with Crippen LogP contribution in [0.5, 0.6) is 0 Å². The molecule has 2 aliphatic rings. The number of amides is 3. The third-order valence-electron chi connectivity index (χ3n) is 5.70. The van der Waals surface area contributed by atoms with Gasteiger partial charge in [0.15, 0.2) is 0 Å². The van der Waals surface area contributed by atoms with E-state index in [0.29, 0.717) is 31.3 Å². The van der Waals surface area contributed by atoms with Gasteiger partial charge in [-0.25, -0.2) is 4.79 Å². The van der Waals surface area contributed by atoms with Gasteiger partial charge in [-0.05, 0) is 63.5 Å². The first kappa shape index (κ1) is 21.0. The Morgan fingerprint density at radius 3 is 2.42 bits per heavy atom. The number of nitrogens with zero attached hydrogens (tertiary/aromatic N) is 2. The van der Waals surface area contributed by atoms with E-state index >= 15 is 0 Å². The molecule has 3 amide bonds. The highest BCUT2D eigenvalue weighted by molar-refractivity contribution is 5.77. The number of rotatable bonds is 7. The Bertz CT molecular complexity index is 447. The third-order valence-corrected chi connectivity index (χ3v) is 5.70. The van der Waals surface area contributed by atoms with Crippen LogP contribution in [0.1, 0.15) is 52.4 Å². The predicted molar refractivity (Wildman–Crippen MR) is 105 cm³/mol. The van der Waals surface area contributed by atoms with Crippen molar-refractivity contribution in [3.05, 3.63) is 0 Å². The van der Waals surface area contributed by atoms with Crippen LogP contribution in [0.25, 0.3) is 0 Å². The number of urea groups is 1. The summed E-state index contributed by atoms with van der Waals surface area (Å²) in [6.07, 6.45) is 6.11. The number of hydrogen-bond acceptors (Lipinski definition) is 3. The van der Waals surface area contributed by atoms with Crippen LogP contribution in [0.2, 0.25) is 0 Å². The van der Waals surface area contributed by atoms with Gasteiger partial charge >= 0.3 is 6.03 Å². The van der Waals surface area contributed by atoms with Crippen molar-refractivity contribution in [1.82, 2.24) is 20.4 Å². The van der Waals surface area contributed by atoms with Crippen molar-refractivity contribution in [2.45, 2.75) is 52.4 Å². The Hall–Kier alpha value is -1.30. The van der Waals surface area contributed by atoms with Crippen molar-refractivity contribution in [1.29, 1.82) is 0 Å². The number of likely N-dealkylation sites (tertiary alicyclic amines) is 2. The van der Waals surface area contributed by atoms with Crippen molar-refractivity contribution >= 4 is 11.9 Å². The monoisotopic (exact) mass is 366 g/mol. The SMILES string of the molecule is CNCCC1CCN(C(=O)CC2CCCN(C(=O)NCC(C)C)C2)CC1. The zero-order valence-electron chi connectivity index (χ0n) is 16.9. The Morgan fingerprint density at radius 2 is 1.77 bits per heavy atom. The van der Waals surface area contributed by atoms with Crippen LogP contribution in [0.15, 0.2) is 0 Å². The van der Waals surface area contributed by atoms with E-state index in [2.05, 4.69) is 24.5 Å². The molecule has 6 heteroatoms. The van der Waals surface area contributed by atoms with E-state index in [-0.39, 0.29) is 11.9 Å². The second-order valence-electron chi connectivity index (χ2n) is 8.45. The zero-order valence-corrected chi connectivity index (χ0v) is 16.9. The van der Waals surface area contributed by atoms with Crippen molar-refractivity contribution in [3.8, 4) is 0 Å². The Labute approximate surface area is 159 Å². The zero-order chi connectivity index (χ0) is 18.9. The molecule has 0 spiro atoms. The van der Waals surface area contributed by atoms with Crippen LogP contribution in [-0.4, -0.2) is 68.1 Å². The molecule has 2 heterocycles. The number of carbonyl (C=O) groups is 2. The van der Waals surface area contributed by atoms with Crippen LogP contribution in [-0.2, 0) is 4.79 Å². The fraction of sp³-hybridized carbons (Fsp3) is 0.900. The normalized spacial score (nSPS) is 21.9. The van der Waals surface area contributed by atoms with Gasteiger partial charge < -0.3 is 20.4 Å². The highest BCUT2D eigenvalue weighted by atomic mass is 16.2. The van der Waals surface area contributed by atoms with Crippen molar-refractivity contribution in [2.24, 2.45) is 17.8 Å². The van der Waals surface area contributed by atoms with E-state index in [1.54, 1.807) is 0 Å². The summed E-state index contributed by atoms with van der Waals surface area (Å²) in [5.74, 6) is 1.80. The third kappa shape index (κ3) is 6.78. The first-order valence-corrected chi connectivity index (χ1v) is 10.4. The first-order chi connectivity index (χ1) is 12.5. The maximum Gasteiger partial charge on any atom is 0.317 e. The summed E-state index contributed by atoms with van der Waals surface area (Å²) in [4.78, 5) is 28.9. The maximum absolute atomic E-state index is 12.7. The fourth-order valence-electron chi connectivity index (χ4n) is 4.01. The lowest BCUT2D eigenvalue weighted by Gasteiger charge is -2.36. The summed E-state index contributed by atoms with van der Waals surface area (Å²) in [6, 6.07) is 0.0289. The van der Waals surface area contributed by atoms with Gasteiger partial charge in [0, 0.05) is 39.1 Å². The van der Waals surface area contributed by atoms with Crippen molar-refractivity contribution in [2.75, 3.05) is 46.3 Å². The van der Waals surface area contributed by atoms with Crippen LogP contribution in [0, 0.1) is 17.8 Å². The molecule has 2 saturated heterocycles. The lowest BCUT2D eigenvalue weighted by molar-refractivity contribution is -0.134. The molecule has 0 aromatic heterocycles. The smallest absolute Gasteiger partial charge is 0.317 e. The highest BCUT2D eigenvalue weighted by Crippen LogP contribution is 2.24. The Kier molecular flexibility index (Phi) is 8.69. The van der Waals surface area contributed by atoms with Gasteiger partial charge in [-0.3, -0.25) is 4.79 Å². The minimum atomic E-state index is 0.0289. The molecule has 2 aliphatic heterocycles. The largest absolute Gasteiger partial charge is 0.343 e. The van der Waals surface area contributed by atoms with Gasteiger partial charge in [0.2, 0.25) is 5.91 Å². The van der Waals surface area contributed by atoms with Gasteiger partial charge in [-0.2, -0.15) is 0 Å². The number of piperidine rings is 2. The molecule has 0 saturated carbocycles. The minimum absolute atomic E-state index is 0.0289. The predicted octanol–water partition coefficient (Wildman–Crippen LogP) is 2.30. The van der Waals surface area contributed by atoms with Crippen molar-refractivity contribution < 1.29 is 9.59 Å². The molecule has 2 N–H and O–H groups in total. The fourth-order valence-corrected chi connectivity index (χ4v) is 4.01. The van der Waals surface area contributed by atoms with Gasteiger partial charge in [-0.1, -0.05) is 13.8 Å². The van der Waals surface area contributed by atoms with Crippen molar-refractivity contribution in [3.63, 3.8) is 0 Å². The molecule has 0 aromatic rings. The molecular formula is C20H38N4O2. The summed E-state index contributed by atoms with van der Waals surface area (Å²) in [5.41, 5.74) is 0. The quantitative estimate of drug-likeness (QED) is 0.727. The standard InChI is InChI=1S/C20H38N4O2/c1-16(2)14-22-20(26)24-10-4-5-18(15-24)13-19(25)23-11-7-17(8-12-23)6-9-21-3/h16-18,21H,4-15H2,1-3H3,(H,22,26). The van der Waals surface area contributed by atoms with Crippen LogP contribution in [0.3, 0.4) is 0 Å². The van der Waals surface area contributed by atoms with E-state index in [1.165, 1.54) is 6.42 Å². The molecule has 2 rings (SSSR count). The van der Waals surface area contributed by atoms with E-state index < -0.39 is 0 Å². The molecule has 6 nitrogen and oxygen atoms in total. The molecule has 26 heavy (non-hydrogen) atoms. The summed E-state index contributed by atoms with van der Waals surface area (Å²) >= 11 is 0. The van der Waals surface area contributed by atoms with Gasteiger partial charge in [-0.15, -0.1) is 0 Å². The first-order valence-electron chi connectivity index (χ1n) is 10.4. The molecule has 0 radical (unpaired) electrons. The lowest BCUT2D eigenvalue weighted by Crippen LogP contribution is -2.47. The number of hydrogen-bond donors (Lipinski definition) is 2.